The van der Waals surface area contributed by atoms with Crippen LogP contribution in [-0.2, 0) is 10.2 Å². The van der Waals surface area contributed by atoms with Crippen molar-refractivity contribution in [2.45, 2.75) is 11.8 Å². The summed E-state index contributed by atoms with van der Waals surface area (Å²) >= 11 is 0. The second-order valence-corrected chi connectivity index (χ2v) is 3.48. The Kier molecular flexibility index (Phi) is 2.22. The second kappa shape index (κ2) is 3.39. The van der Waals surface area contributed by atoms with E-state index in [1.807, 2.05) is 0 Å². The maximum Gasteiger partial charge on any atom is 0.128 e. The summed E-state index contributed by atoms with van der Waals surface area (Å²) in [4.78, 5) is 0. The fourth-order valence-corrected chi connectivity index (χ4v) is 1.78. The predicted molar refractivity (Wildman–Crippen MR) is 49.1 cm³/mol. The molecule has 0 unspecified atom stereocenters. The Hall–Kier alpha value is -1.40. The Morgan fingerprint density at radius 1 is 1.43 bits per heavy atom. The molecule has 0 saturated carbocycles. The van der Waals surface area contributed by atoms with E-state index >= 15 is 0 Å². The predicted octanol–water partition coefficient (Wildman–Crippen LogP) is 2.01. The Morgan fingerprint density at radius 2 is 2.21 bits per heavy atom. The SMILES string of the molecule is N#C[C@]1(c2ccccc2F)CCOC1. The molecule has 0 aliphatic carbocycles. The highest BCUT2D eigenvalue weighted by molar-refractivity contribution is 5.34. The molecule has 0 amide bonds. The average Bonchev–Trinajstić information content (AvgIpc) is 2.68. The van der Waals surface area contributed by atoms with Crippen molar-refractivity contribution in [2.75, 3.05) is 13.2 Å². The van der Waals surface area contributed by atoms with Gasteiger partial charge in [0.15, 0.2) is 0 Å². The lowest BCUT2D eigenvalue weighted by Crippen LogP contribution is -2.25. The molecule has 3 heteroatoms. The molecule has 1 aromatic carbocycles. The monoisotopic (exact) mass is 191 g/mol. The van der Waals surface area contributed by atoms with Crippen molar-refractivity contribution in [1.82, 2.24) is 0 Å². The molecular weight excluding hydrogens is 181 g/mol. The van der Waals surface area contributed by atoms with Crippen LogP contribution in [0.15, 0.2) is 24.3 Å². The zero-order chi connectivity index (χ0) is 10.0. The van der Waals surface area contributed by atoms with E-state index in [9.17, 15) is 4.39 Å². The fourth-order valence-electron chi connectivity index (χ4n) is 1.78. The van der Waals surface area contributed by atoms with E-state index in [0.717, 1.165) is 0 Å². The summed E-state index contributed by atoms with van der Waals surface area (Å²) in [6.07, 6.45) is 0.574. The summed E-state index contributed by atoms with van der Waals surface area (Å²) in [5, 5.41) is 9.10. The van der Waals surface area contributed by atoms with Crippen molar-refractivity contribution >= 4 is 0 Å². The first-order valence-corrected chi connectivity index (χ1v) is 4.52. The first-order valence-electron chi connectivity index (χ1n) is 4.52. The summed E-state index contributed by atoms with van der Waals surface area (Å²) < 4.78 is 18.6. The molecule has 0 bridgehead atoms. The van der Waals surface area contributed by atoms with Crippen LogP contribution in [0.2, 0.25) is 0 Å². The van der Waals surface area contributed by atoms with Gasteiger partial charge in [-0.05, 0) is 12.5 Å². The molecule has 1 fully saturated rings. The van der Waals surface area contributed by atoms with E-state index in [4.69, 9.17) is 10.00 Å². The Balaban J connectivity index is 2.47. The summed E-state index contributed by atoms with van der Waals surface area (Å²) in [6.45, 7) is 0.826. The molecule has 0 radical (unpaired) electrons. The maximum atomic E-state index is 13.5. The van der Waals surface area contributed by atoms with Crippen LogP contribution < -0.4 is 0 Å². The zero-order valence-electron chi connectivity index (χ0n) is 7.66. The van der Waals surface area contributed by atoms with Gasteiger partial charge in [0.25, 0.3) is 0 Å². The lowest BCUT2D eigenvalue weighted by Gasteiger charge is -2.19. The number of hydrogen-bond acceptors (Lipinski definition) is 2. The third-order valence-electron chi connectivity index (χ3n) is 2.63. The van der Waals surface area contributed by atoms with Crippen LogP contribution in [0.5, 0.6) is 0 Å². The third kappa shape index (κ3) is 1.28. The van der Waals surface area contributed by atoms with Crippen LogP contribution in [0.3, 0.4) is 0 Å². The zero-order valence-corrected chi connectivity index (χ0v) is 7.66. The molecule has 14 heavy (non-hydrogen) atoms. The van der Waals surface area contributed by atoms with Crippen LogP contribution in [0.25, 0.3) is 0 Å². The van der Waals surface area contributed by atoms with E-state index in [1.54, 1.807) is 18.2 Å². The fraction of sp³-hybridized carbons (Fsp3) is 0.364. The minimum Gasteiger partial charge on any atom is -0.379 e. The summed E-state index contributed by atoms with van der Waals surface area (Å²) in [5.74, 6) is -0.320. The standard InChI is InChI=1S/C11H10FNO/c12-10-4-2-1-3-9(10)11(7-13)5-6-14-8-11/h1-4H,5-6,8H2/t11-/m1/s1. The molecule has 1 atom stereocenters. The van der Waals surface area contributed by atoms with Gasteiger partial charge in [-0.15, -0.1) is 0 Å². The van der Waals surface area contributed by atoms with Crippen LogP contribution in [0.1, 0.15) is 12.0 Å². The lowest BCUT2D eigenvalue weighted by molar-refractivity contribution is 0.186. The largest absolute Gasteiger partial charge is 0.379 e. The van der Waals surface area contributed by atoms with E-state index in [-0.39, 0.29) is 5.82 Å². The Labute approximate surface area is 81.9 Å². The van der Waals surface area contributed by atoms with Crippen molar-refractivity contribution < 1.29 is 9.13 Å². The van der Waals surface area contributed by atoms with Crippen molar-refractivity contribution in [3.05, 3.63) is 35.6 Å². The topological polar surface area (TPSA) is 33.0 Å². The Bertz CT molecular complexity index is 377. The van der Waals surface area contributed by atoms with Gasteiger partial charge in [0.2, 0.25) is 0 Å². The first-order chi connectivity index (χ1) is 6.78. The summed E-state index contributed by atoms with van der Waals surface area (Å²) in [7, 11) is 0. The molecule has 1 aromatic rings. The molecule has 1 aliphatic rings. The van der Waals surface area contributed by atoms with Gasteiger partial charge in [-0.25, -0.2) is 4.39 Å². The number of nitriles is 1. The second-order valence-electron chi connectivity index (χ2n) is 3.48. The Morgan fingerprint density at radius 3 is 2.79 bits per heavy atom. The highest BCUT2D eigenvalue weighted by Crippen LogP contribution is 2.33. The highest BCUT2D eigenvalue weighted by Gasteiger charge is 2.38. The van der Waals surface area contributed by atoms with Gasteiger partial charge in [-0.2, -0.15) is 5.26 Å². The van der Waals surface area contributed by atoms with E-state index in [0.29, 0.717) is 25.2 Å². The first kappa shape index (κ1) is 9.17. The average molecular weight is 191 g/mol. The molecule has 0 spiro atoms. The third-order valence-corrected chi connectivity index (χ3v) is 2.63. The lowest BCUT2D eigenvalue weighted by atomic mass is 9.81. The van der Waals surface area contributed by atoms with Gasteiger partial charge in [0, 0.05) is 12.2 Å². The number of benzene rings is 1. The van der Waals surface area contributed by atoms with Crippen LogP contribution >= 0.6 is 0 Å². The van der Waals surface area contributed by atoms with Gasteiger partial charge in [-0.1, -0.05) is 18.2 Å². The van der Waals surface area contributed by atoms with Crippen LogP contribution in [0.4, 0.5) is 4.39 Å². The van der Waals surface area contributed by atoms with Crippen LogP contribution in [0, 0.1) is 17.1 Å². The van der Waals surface area contributed by atoms with Crippen LogP contribution in [-0.4, -0.2) is 13.2 Å². The highest BCUT2D eigenvalue weighted by atomic mass is 19.1. The molecule has 2 nitrogen and oxygen atoms in total. The molecule has 72 valence electrons. The number of halogens is 1. The maximum absolute atomic E-state index is 13.5. The number of ether oxygens (including phenoxy) is 1. The van der Waals surface area contributed by atoms with Crippen molar-refractivity contribution in [3.8, 4) is 6.07 Å². The smallest absolute Gasteiger partial charge is 0.128 e. The minimum atomic E-state index is -0.772. The number of nitrogens with zero attached hydrogens (tertiary/aromatic N) is 1. The van der Waals surface area contributed by atoms with Crippen molar-refractivity contribution in [1.29, 1.82) is 5.26 Å². The number of rotatable bonds is 1. The van der Waals surface area contributed by atoms with Crippen molar-refractivity contribution in [3.63, 3.8) is 0 Å². The summed E-state index contributed by atoms with van der Waals surface area (Å²) in [6, 6.07) is 8.58. The molecule has 1 saturated heterocycles. The molecule has 0 aromatic heterocycles. The molecule has 0 N–H and O–H groups in total. The molecule has 1 heterocycles. The van der Waals surface area contributed by atoms with Gasteiger partial charge in [0.05, 0.1) is 12.7 Å². The van der Waals surface area contributed by atoms with Gasteiger partial charge in [-0.3, -0.25) is 0 Å². The van der Waals surface area contributed by atoms with Gasteiger partial charge in [0.1, 0.15) is 11.2 Å². The van der Waals surface area contributed by atoms with E-state index in [1.165, 1.54) is 6.07 Å². The van der Waals surface area contributed by atoms with Gasteiger partial charge < -0.3 is 4.74 Å². The molecular formula is C11H10FNO. The molecule has 1 aliphatic heterocycles. The van der Waals surface area contributed by atoms with E-state index in [2.05, 4.69) is 6.07 Å². The van der Waals surface area contributed by atoms with E-state index < -0.39 is 5.41 Å². The summed E-state index contributed by atoms with van der Waals surface area (Å²) in [5.41, 5.74) is -0.314. The van der Waals surface area contributed by atoms with Crippen molar-refractivity contribution in [2.24, 2.45) is 0 Å². The normalized spacial score (nSPS) is 26.0. The molecule has 2 rings (SSSR count). The minimum absolute atomic E-state index is 0.296. The quantitative estimate of drug-likeness (QED) is 0.680. The number of hydrogen-bond donors (Lipinski definition) is 0. The van der Waals surface area contributed by atoms with Gasteiger partial charge >= 0.3 is 0 Å².